The van der Waals surface area contributed by atoms with Gasteiger partial charge in [-0.1, -0.05) is 39.0 Å². The van der Waals surface area contributed by atoms with Crippen molar-refractivity contribution in [2.45, 2.75) is 46.1 Å². The summed E-state index contributed by atoms with van der Waals surface area (Å²) in [5, 5.41) is 2.09. The van der Waals surface area contributed by atoms with E-state index in [1.54, 1.807) is 16.2 Å². The van der Waals surface area contributed by atoms with E-state index >= 15 is 0 Å². The predicted octanol–water partition coefficient (Wildman–Crippen LogP) is 4.54. The highest BCUT2D eigenvalue weighted by atomic mass is 32.1. The number of fused-ring (bicyclic) bond motifs is 1. The summed E-state index contributed by atoms with van der Waals surface area (Å²) in [5.74, 6) is 1.32. The molecule has 2 amide bonds. The van der Waals surface area contributed by atoms with Gasteiger partial charge in [0.15, 0.2) is 0 Å². The lowest BCUT2D eigenvalue weighted by Crippen LogP contribution is -2.48. The van der Waals surface area contributed by atoms with Gasteiger partial charge in [-0.05, 0) is 47.9 Å². The van der Waals surface area contributed by atoms with Gasteiger partial charge in [0.25, 0.3) is 0 Å². The van der Waals surface area contributed by atoms with Crippen molar-refractivity contribution in [3.63, 3.8) is 0 Å². The highest BCUT2D eigenvalue weighted by molar-refractivity contribution is 7.10. The molecule has 30 heavy (non-hydrogen) atoms. The molecule has 1 aliphatic rings. The van der Waals surface area contributed by atoms with Crippen LogP contribution in [0.2, 0.25) is 0 Å². The summed E-state index contributed by atoms with van der Waals surface area (Å²) in [6, 6.07) is 11.7. The van der Waals surface area contributed by atoms with Gasteiger partial charge in [-0.3, -0.25) is 9.59 Å². The molecule has 2 heterocycles. The first-order valence-electron chi connectivity index (χ1n) is 10.8. The van der Waals surface area contributed by atoms with Gasteiger partial charge in [-0.2, -0.15) is 0 Å². The van der Waals surface area contributed by atoms with Crippen molar-refractivity contribution in [3.8, 4) is 5.75 Å². The molecule has 5 nitrogen and oxygen atoms in total. The Kier molecular flexibility index (Phi) is 7.91. The number of nitrogens with zero attached hydrogens (tertiary/aromatic N) is 2. The fraction of sp³-hybridized carbons (Fsp3) is 0.500. The van der Waals surface area contributed by atoms with E-state index in [1.807, 2.05) is 42.2 Å². The number of ether oxygens (including phenoxy) is 1. The summed E-state index contributed by atoms with van der Waals surface area (Å²) in [5.41, 5.74) is 1.17. The lowest BCUT2D eigenvalue weighted by Gasteiger charge is -2.37. The lowest BCUT2D eigenvalue weighted by molar-refractivity contribution is -0.142. The third-order valence-electron chi connectivity index (χ3n) is 5.52. The van der Waals surface area contributed by atoms with Crippen LogP contribution in [0.1, 0.15) is 50.1 Å². The van der Waals surface area contributed by atoms with E-state index < -0.39 is 0 Å². The number of hydrogen-bond donors (Lipinski definition) is 0. The maximum atomic E-state index is 13.3. The number of thiophene rings is 1. The number of carbonyl (C=O) groups is 2. The van der Waals surface area contributed by atoms with E-state index in [9.17, 15) is 9.59 Å². The van der Waals surface area contributed by atoms with Gasteiger partial charge in [-0.25, -0.2) is 0 Å². The van der Waals surface area contributed by atoms with Gasteiger partial charge in [0.1, 0.15) is 12.4 Å². The standard InChI is InChI=1S/C24H32N2O3S/c1-4-23(27)25(13-10-18(2)3)16-24(28)26-14-11-22-20(12-15-30-22)21(26)17-29-19-8-6-5-7-9-19/h5-9,12,15,18,21H,4,10-11,13-14,16-17H2,1-3H3. The number of amides is 2. The Morgan fingerprint density at radius 3 is 2.70 bits per heavy atom. The molecule has 0 saturated heterocycles. The van der Waals surface area contributed by atoms with Crippen LogP contribution in [-0.4, -0.2) is 47.9 Å². The molecule has 6 heteroatoms. The quantitative estimate of drug-likeness (QED) is 0.589. The third kappa shape index (κ3) is 5.63. The van der Waals surface area contributed by atoms with Crippen LogP contribution in [0.25, 0.3) is 0 Å². The molecule has 1 aromatic carbocycles. The number of hydrogen-bond acceptors (Lipinski definition) is 4. The molecule has 0 aliphatic carbocycles. The average Bonchev–Trinajstić information content (AvgIpc) is 3.23. The second-order valence-corrected chi connectivity index (χ2v) is 9.13. The zero-order valence-electron chi connectivity index (χ0n) is 18.2. The molecule has 3 rings (SSSR count). The zero-order chi connectivity index (χ0) is 21.5. The maximum absolute atomic E-state index is 13.3. The van der Waals surface area contributed by atoms with Crippen LogP contribution >= 0.6 is 11.3 Å². The Morgan fingerprint density at radius 1 is 1.23 bits per heavy atom. The Balaban J connectivity index is 1.73. The summed E-state index contributed by atoms with van der Waals surface area (Å²) < 4.78 is 6.03. The van der Waals surface area contributed by atoms with Crippen molar-refractivity contribution in [1.29, 1.82) is 0 Å². The molecule has 0 spiro atoms. The molecule has 0 radical (unpaired) electrons. The normalized spacial score (nSPS) is 15.7. The molecular formula is C24H32N2O3S. The topological polar surface area (TPSA) is 49.9 Å². The Morgan fingerprint density at radius 2 is 2.00 bits per heavy atom. The second-order valence-electron chi connectivity index (χ2n) is 8.13. The number of carbonyl (C=O) groups excluding carboxylic acids is 2. The van der Waals surface area contributed by atoms with E-state index in [-0.39, 0.29) is 24.4 Å². The smallest absolute Gasteiger partial charge is 0.242 e. The van der Waals surface area contributed by atoms with Crippen molar-refractivity contribution in [2.75, 3.05) is 26.2 Å². The van der Waals surface area contributed by atoms with Gasteiger partial charge >= 0.3 is 0 Å². The molecular weight excluding hydrogens is 396 g/mol. The van der Waals surface area contributed by atoms with E-state index in [0.29, 0.717) is 32.0 Å². The van der Waals surface area contributed by atoms with E-state index in [1.165, 1.54) is 10.4 Å². The average molecular weight is 429 g/mol. The number of benzene rings is 1. The van der Waals surface area contributed by atoms with Gasteiger partial charge < -0.3 is 14.5 Å². The molecule has 0 bridgehead atoms. The fourth-order valence-corrected chi connectivity index (χ4v) is 4.68. The molecule has 1 unspecified atom stereocenters. The molecule has 2 aromatic rings. The summed E-state index contributed by atoms with van der Waals surface area (Å²) in [6.07, 6.45) is 2.17. The molecule has 1 atom stereocenters. The highest BCUT2D eigenvalue weighted by Crippen LogP contribution is 2.34. The largest absolute Gasteiger partial charge is 0.491 e. The first kappa shape index (κ1) is 22.3. The van der Waals surface area contributed by atoms with E-state index in [2.05, 4.69) is 25.3 Å². The van der Waals surface area contributed by atoms with Crippen LogP contribution in [-0.2, 0) is 16.0 Å². The van der Waals surface area contributed by atoms with Gasteiger partial charge in [0.2, 0.25) is 11.8 Å². The number of rotatable bonds is 9. The van der Waals surface area contributed by atoms with Crippen molar-refractivity contribution in [3.05, 3.63) is 52.2 Å². The van der Waals surface area contributed by atoms with Crippen LogP contribution in [0.15, 0.2) is 41.8 Å². The van der Waals surface area contributed by atoms with Crippen molar-refractivity contribution >= 4 is 23.2 Å². The van der Waals surface area contributed by atoms with Crippen LogP contribution < -0.4 is 4.74 Å². The Labute approximate surface area is 183 Å². The minimum absolute atomic E-state index is 0.000863. The van der Waals surface area contributed by atoms with Crippen molar-refractivity contribution in [1.82, 2.24) is 9.80 Å². The fourth-order valence-electron chi connectivity index (χ4n) is 3.75. The molecule has 1 aliphatic heterocycles. The van der Waals surface area contributed by atoms with Gasteiger partial charge in [0, 0.05) is 24.4 Å². The maximum Gasteiger partial charge on any atom is 0.242 e. The minimum Gasteiger partial charge on any atom is -0.491 e. The van der Waals surface area contributed by atoms with Gasteiger partial charge in [0.05, 0.1) is 12.6 Å². The van der Waals surface area contributed by atoms with Crippen LogP contribution in [0, 0.1) is 5.92 Å². The first-order chi connectivity index (χ1) is 14.5. The lowest BCUT2D eigenvalue weighted by atomic mass is 10.0. The molecule has 162 valence electrons. The first-order valence-corrected chi connectivity index (χ1v) is 11.7. The summed E-state index contributed by atoms with van der Waals surface area (Å²) in [4.78, 5) is 30.7. The monoisotopic (exact) mass is 428 g/mol. The zero-order valence-corrected chi connectivity index (χ0v) is 19.0. The summed E-state index contributed by atoms with van der Waals surface area (Å²) in [6.45, 7) is 7.96. The molecule has 0 N–H and O–H groups in total. The SMILES string of the molecule is CCC(=O)N(CCC(C)C)CC(=O)N1CCc2sccc2C1COc1ccccc1. The highest BCUT2D eigenvalue weighted by Gasteiger charge is 2.33. The predicted molar refractivity (Wildman–Crippen MR) is 121 cm³/mol. The molecule has 1 aromatic heterocycles. The summed E-state index contributed by atoms with van der Waals surface area (Å²) in [7, 11) is 0. The van der Waals surface area contributed by atoms with Crippen LogP contribution in [0.3, 0.4) is 0 Å². The third-order valence-corrected chi connectivity index (χ3v) is 6.52. The van der Waals surface area contributed by atoms with Crippen molar-refractivity contribution in [2.24, 2.45) is 5.92 Å². The second kappa shape index (κ2) is 10.6. The summed E-state index contributed by atoms with van der Waals surface area (Å²) >= 11 is 1.74. The molecule has 0 fully saturated rings. The van der Waals surface area contributed by atoms with E-state index in [4.69, 9.17) is 4.74 Å². The van der Waals surface area contributed by atoms with Crippen LogP contribution in [0.5, 0.6) is 5.75 Å². The molecule has 0 saturated carbocycles. The Bertz CT molecular complexity index is 834. The van der Waals surface area contributed by atoms with Crippen molar-refractivity contribution < 1.29 is 14.3 Å². The van der Waals surface area contributed by atoms with E-state index in [0.717, 1.165) is 18.6 Å². The van der Waals surface area contributed by atoms with Gasteiger partial charge in [-0.15, -0.1) is 11.3 Å². The number of para-hydroxylation sites is 1. The minimum atomic E-state index is -0.128. The van der Waals surface area contributed by atoms with Crippen LogP contribution in [0.4, 0.5) is 0 Å². The Hall–Kier alpha value is -2.34.